The second-order valence-electron chi connectivity index (χ2n) is 15.2. The number of anilines is 3. The van der Waals surface area contributed by atoms with E-state index in [1.807, 2.05) is 22.7 Å². The summed E-state index contributed by atoms with van der Waals surface area (Å²) in [6, 6.07) is 78.3. The highest BCUT2D eigenvalue weighted by Gasteiger charge is 2.26. The van der Waals surface area contributed by atoms with Crippen LogP contribution >= 0.6 is 22.7 Å². The van der Waals surface area contributed by atoms with Gasteiger partial charge in [0.25, 0.3) is 0 Å². The van der Waals surface area contributed by atoms with Crippen molar-refractivity contribution in [2.45, 2.75) is 0 Å². The van der Waals surface area contributed by atoms with Crippen LogP contribution in [-0.4, -0.2) is 0 Å². The second kappa shape index (κ2) is 13.8. The Morgan fingerprint density at radius 3 is 1.58 bits per heavy atom. The SMILES string of the molecule is c1ccc(-c2cccc(-c3c(N(c4cccc(-c5cccc6c5sc5ccccc56)c4)c4cccc5c4sc4ccccc45)c4ccccc4c4ccccc34)c2)cc1. The fraction of sp³-hybridized carbons (Fsp3) is 0. The molecule has 0 aliphatic carbocycles. The predicted molar refractivity (Wildman–Crippen MR) is 258 cm³/mol. The first kappa shape index (κ1) is 34.0. The number of hydrogen-bond donors (Lipinski definition) is 0. The van der Waals surface area contributed by atoms with Crippen LogP contribution in [0.25, 0.3) is 95.3 Å². The van der Waals surface area contributed by atoms with E-state index in [0.717, 1.165) is 5.69 Å². The summed E-state index contributed by atoms with van der Waals surface area (Å²) in [5, 5.41) is 10.1. The molecule has 0 amide bonds. The molecule has 276 valence electrons. The fourth-order valence-corrected chi connectivity index (χ4v) is 11.7. The number of rotatable bonds is 6. The Labute approximate surface area is 350 Å². The maximum absolute atomic E-state index is 2.57. The van der Waals surface area contributed by atoms with Gasteiger partial charge in [0.1, 0.15) is 0 Å². The van der Waals surface area contributed by atoms with Crippen molar-refractivity contribution in [3.8, 4) is 33.4 Å². The van der Waals surface area contributed by atoms with Crippen molar-refractivity contribution in [1.82, 2.24) is 0 Å². The van der Waals surface area contributed by atoms with E-state index in [9.17, 15) is 0 Å². The van der Waals surface area contributed by atoms with Crippen molar-refractivity contribution in [3.63, 3.8) is 0 Å². The van der Waals surface area contributed by atoms with Crippen molar-refractivity contribution >= 4 is 102 Å². The Balaban J connectivity index is 1.20. The lowest BCUT2D eigenvalue weighted by molar-refractivity contribution is 1.32. The molecule has 0 radical (unpaired) electrons. The Hall–Kier alpha value is -7.04. The summed E-state index contributed by atoms with van der Waals surface area (Å²) in [6.07, 6.45) is 0. The van der Waals surface area contributed by atoms with Crippen LogP contribution in [-0.2, 0) is 0 Å². The molecule has 0 aliphatic rings. The molecule has 3 heteroatoms. The molecule has 59 heavy (non-hydrogen) atoms. The zero-order chi connectivity index (χ0) is 38.9. The average molecular weight is 786 g/mol. The van der Waals surface area contributed by atoms with Gasteiger partial charge in [0, 0.05) is 52.3 Å². The van der Waals surface area contributed by atoms with Crippen molar-refractivity contribution in [3.05, 3.63) is 212 Å². The average Bonchev–Trinajstić information content (AvgIpc) is 3.89. The first-order valence-corrected chi connectivity index (χ1v) is 21.7. The number of benzene rings is 10. The normalized spacial score (nSPS) is 11.7. The van der Waals surface area contributed by atoms with Gasteiger partial charge in [-0.15, -0.1) is 22.7 Å². The Morgan fingerprint density at radius 2 is 0.814 bits per heavy atom. The van der Waals surface area contributed by atoms with Crippen LogP contribution in [0.15, 0.2) is 212 Å². The van der Waals surface area contributed by atoms with E-state index >= 15 is 0 Å². The third-order valence-electron chi connectivity index (χ3n) is 11.8. The molecule has 0 saturated heterocycles. The van der Waals surface area contributed by atoms with Gasteiger partial charge in [-0.2, -0.15) is 0 Å². The van der Waals surface area contributed by atoms with Gasteiger partial charge < -0.3 is 4.90 Å². The van der Waals surface area contributed by atoms with E-state index in [-0.39, 0.29) is 0 Å². The summed E-state index contributed by atoms with van der Waals surface area (Å²) in [5.41, 5.74) is 10.7. The van der Waals surface area contributed by atoms with Crippen molar-refractivity contribution in [1.29, 1.82) is 0 Å². The monoisotopic (exact) mass is 785 g/mol. The molecule has 0 saturated carbocycles. The van der Waals surface area contributed by atoms with E-state index in [1.165, 1.54) is 107 Å². The summed E-state index contributed by atoms with van der Waals surface area (Å²) in [5.74, 6) is 0. The highest BCUT2D eigenvalue weighted by molar-refractivity contribution is 7.26. The second-order valence-corrected chi connectivity index (χ2v) is 17.3. The summed E-state index contributed by atoms with van der Waals surface area (Å²) < 4.78 is 5.19. The molecular formula is C56H35NS2. The smallest absolute Gasteiger partial charge is 0.0640 e. The fourth-order valence-electron chi connectivity index (χ4n) is 9.22. The molecule has 0 unspecified atom stereocenters. The minimum absolute atomic E-state index is 1.12. The molecule has 0 bridgehead atoms. The van der Waals surface area contributed by atoms with Crippen LogP contribution in [0.4, 0.5) is 17.1 Å². The molecule has 0 N–H and O–H groups in total. The summed E-state index contributed by atoms with van der Waals surface area (Å²) in [4.78, 5) is 2.57. The number of fused-ring (bicyclic) bond motifs is 9. The lowest BCUT2D eigenvalue weighted by Gasteiger charge is -2.31. The van der Waals surface area contributed by atoms with E-state index < -0.39 is 0 Å². The lowest BCUT2D eigenvalue weighted by atomic mass is 9.88. The van der Waals surface area contributed by atoms with Crippen molar-refractivity contribution < 1.29 is 0 Å². The van der Waals surface area contributed by atoms with Crippen LogP contribution in [0.5, 0.6) is 0 Å². The molecule has 2 aromatic heterocycles. The van der Waals surface area contributed by atoms with Gasteiger partial charge in [-0.1, -0.05) is 176 Å². The highest BCUT2D eigenvalue weighted by atomic mass is 32.1. The van der Waals surface area contributed by atoms with E-state index in [4.69, 9.17) is 0 Å². The molecule has 0 atom stereocenters. The Morgan fingerprint density at radius 1 is 0.305 bits per heavy atom. The largest absolute Gasteiger partial charge is 0.308 e. The zero-order valence-electron chi connectivity index (χ0n) is 32.0. The topological polar surface area (TPSA) is 3.24 Å². The molecule has 2 heterocycles. The van der Waals surface area contributed by atoms with Crippen molar-refractivity contribution in [2.75, 3.05) is 4.90 Å². The van der Waals surface area contributed by atoms with Gasteiger partial charge in [0.15, 0.2) is 0 Å². The summed E-state index contributed by atoms with van der Waals surface area (Å²) in [6.45, 7) is 0. The number of hydrogen-bond acceptors (Lipinski definition) is 3. The predicted octanol–water partition coefficient (Wildman–Crippen LogP) is 17.2. The van der Waals surface area contributed by atoms with E-state index in [1.54, 1.807) is 0 Å². The van der Waals surface area contributed by atoms with Crippen LogP contribution in [0.2, 0.25) is 0 Å². The first-order chi connectivity index (χ1) is 29.3. The summed E-state index contributed by atoms with van der Waals surface area (Å²) >= 11 is 3.77. The van der Waals surface area contributed by atoms with Gasteiger partial charge in [0.05, 0.1) is 16.1 Å². The molecule has 12 rings (SSSR count). The van der Waals surface area contributed by atoms with E-state index in [2.05, 4.69) is 217 Å². The van der Waals surface area contributed by atoms with Gasteiger partial charge in [0.2, 0.25) is 0 Å². The van der Waals surface area contributed by atoms with Gasteiger partial charge in [-0.05, 0) is 80.4 Å². The van der Waals surface area contributed by atoms with Gasteiger partial charge in [-0.3, -0.25) is 0 Å². The highest BCUT2D eigenvalue weighted by Crippen LogP contribution is 2.53. The lowest BCUT2D eigenvalue weighted by Crippen LogP contribution is -2.12. The number of nitrogens with zero attached hydrogens (tertiary/aromatic N) is 1. The van der Waals surface area contributed by atoms with Crippen LogP contribution in [0, 0.1) is 0 Å². The first-order valence-electron chi connectivity index (χ1n) is 20.1. The third kappa shape index (κ3) is 5.51. The van der Waals surface area contributed by atoms with Gasteiger partial charge >= 0.3 is 0 Å². The quantitative estimate of drug-likeness (QED) is 0.152. The number of thiophene rings is 2. The van der Waals surface area contributed by atoms with Gasteiger partial charge in [-0.25, -0.2) is 0 Å². The Bertz CT molecular complexity index is 3580. The Kier molecular flexibility index (Phi) is 7.97. The molecule has 12 aromatic rings. The summed E-state index contributed by atoms with van der Waals surface area (Å²) in [7, 11) is 0. The molecule has 0 aliphatic heterocycles. The third-order valence-corrected chi connectivity index (χ3v) is 14.3. The molecule has 0 fully saturated rings. The maximum Gasteiger partial charge on any atom is 0.0640 e. The minimum Gasteiger partial charge on any atom is -0.308 e. The molecule has 10 aromatic carbocycles. The van der Waals surface area contributed by atoms with Crippen LogP contribution in [0.3, 0.4) is 0 Å². The van der Waals surface area contributed by atoms with E-state index in [0.29, 0.717) is 0 Å². The molecule has 1 nitrogen and oxygen atoms in total. The van der Waals surface area contributed by atoms with Crippen LogP contribution < -0.4 is 4.90 Å². The minimum atomic E-state index is 1.12. The van der Waals surface area contributed by atoms with Crippen LogP contribution in [0.1, 0.15) is 0 Å². The van der Waals surface area contributed by atoms with Crippen molar-refractivity contribution in [2.24, 2.45) is 0 Å². The molecule has 0 spiro atoms. The maximum atomic E-state index is 2.57. The zero-order valence-corrected chi connectivity index (χ0v) is 33.6. The standard InChI is InChI=1S/C56H35NS2/c1-2-16-36(17-3-1)37-18-12-20-39(34-37)53-46-26-6-4-22-42(46)43-23-5-7-27-47(43)54(53)57(50-31-15-30-49-45-25-9-11-33-52(45)59-56(49)50)40-21-13-19-38(35-40)41-28-14-29-48-44-24-8-10-32-51(44)58-55(41)48/h1-35H. The molecular weight excluding hydrogens is 751 g/mol.